The van der Waals surface area contributed by atoms with E-state index in [9.17, 15) is 0 Å². The summed E-state index contributed by atoms with van der Waals surface area (Å²) in [7, 11) is 0. The summed E-state index contributed by atoms with van der Waals surface area (Å²) in [6.45, 7) is 1.66. The van der Waals surface area contributed by atoms with E-state index < -0.39 is 0 Å². The van der Waals surface area contributed by atoms with Gasteiger partial charge in [0.2, 0.25) is 0 Å². The summed E-state index contributed by atoms with van der Waals surface area (Å²) in [5.41, 5.74) is 6.06. The number of nitrogens with two attached hydrogens (primary N) is 1. The van der Waals surface area contributed by atoms with Gasteiger partial charge in [-0.25, -0.2) is 0 Å². The first-order chi connectivity index (χ1) is 6.38. The van der Waals surface area contributed by atoms with Gasteiger partial charge < -0.3 is 14.9 Å². The van der Waals surface area contributed by atoms with Crippen molar-refractivity contribution in [2.24, 2.45) is 11.7 Å². The topological polar surface area (TPSA) is 48.4 Å². The predicted molar refractivity (Wildman–Crippen MR) is 49.2 cm³/mol. The maximum atomic E-state index is 6.06. The smallest absolute Gasteiger partial charge is 0.120 e. The van der Waals surface area contributed by atoms with Crippen molar-refractivity contribution in [3.63, 3.8) is 0 Å². The number of ether oxygens (including phenoxy) is 1. The first-order valence-corrected chi connectivity index (χ1v) is 4.74. The SMILES string of the molecule is N[C@@H](c1ccco1)C1CCOCC1. The predicted octanol–water partition coefficient (Wildman–Crippen LogP) is 1.71. The lowest BCUT2D eigenvalue weighted by atomic mass is 9.91. The van der Waals surface area contributed by atoms with Gasteiger partial charge >= 0.3 is 0 Å². The van der Waals surface area contributed by atoms with Crippen molar-refractivity contribution in [3.05, 3.63) is 24.2 Å². The highest BCUT2D eigenvalue weighted by Gasteiger charge is 2.23. The van der Waals surface area contributed by atoms with E-state index >= 15 is 0 Å². The summed E-state index contributed by atoms with van der Waals surface area (Å²) in [5, 5.41) is 0. The molecule has 0 unspecified atom stereocenters. The lowest BCUT2D eigenvalue weighted by Crippen LogP contribution is -2.27. The zero-order valence-corrected chi connectivity index (χ0v) is 7.61. The zero-order chi connectivity index (χ0) is 9.10. The van der Waals surface area contributed by atoms with Gasteiger partial charge in [-0.3, -0.25) is 0 Å². The van der Waals surface area contributed by atoms with E-state index in [2.05, 4.69) is 0 Å². The quantitative estimate of drug-likeness (QED) is 0.755. The van der Waals surface area contributed by atoms with Crippen molar-refractivity contribution in [2.75, 3.05) is 13.2 Å². The number of hydrogen-bond acceptors (Lipinski definition) is 3. The summed E-state index contributed by atoms with van der Waals surface area (Å²) in [5.74, 6) is 1.41. The Kier molecular flexibility index (Phi) is 2.66. The second kappa shape index (κ2) is 3.94. The summed E-state index contributed by atoms with van der Waals surface area (Å²) in [6, 6.07) is 3.87. The van der Waals surface area contributed by atoms with Crippen LogP contribution in [0.1, 0.15) is 24.6 Å². The van der Waals surface area contributed by atoms with Crippen molar-refractivity contribution < 1.29 is 9.15 Å². The molecule has 3 nitrogen and oxygen atoms in total. The van der Waals surface area contributed by atoms with Gasteiger partial charge in [0.1, 0.15) is 5.76 Å². The second-order valence-electron chi connectivity index (χ2n) is 3.49. The van der Waals surface area contributed by atoms with Crippen LogP contribution >= 0.6 is 0 Å². The van der Waals surface area contributed by atoms with Gasteiger partial charge in [-0.15, -0.1) is 0 Å². The summed E-state index contributed by atoms with van der Waals surface area (Å²) in [6.07, 6.45) is 3.76. The minimum absolute atomic E-state index is 0.0406. The van der Waals surface area contributed by atoms with Crippen molar-refractivity contribution in [2.45, 2.75) is 18.9 Å². The molecule has 0 amide bonds. The lowest BCUT2D eigenvalue weighted by molar-refractivity contribution is 0.0560. The first-order valence-electron chi connectivity index (χ1n) is 4.74. The second-order valence-corrected chi connectivity index (χ2v) is 3.49. The fourth-order valence-electron chi connectivity index (χ4n) is 1.79. The minimum atomic E-state index is 0.0406. The van der Waals surface area contributed by atoms with Gasteiger partial charge in [0.25, 0.3) is 0 Å². The monoisotopic (exact) mass is 181 g/mol. The van der Waals surface area contributed by atoms with Crippen LogP contribution < -0.4 is 5.73 Å². The van der Waals surface area contributed by atoms with Crippen LogP contribution in [0.3, 0.4) is 0 Å². The molecule has 0 saturated carbocycles. The van der Waals surface area contributed by atoms with Crippen LogP contribution in [-0.4, -0.2) is 13.2 Å². The molecule has 0 bridgehead atoms. The number of furan rings is 1. The molecule has 13 heavy (non-hydrogen) atoms. The van der Waals surface area contributed by atoms with Crippen LogP contribution in [0.4, 0.5) is 0 Å². The summed E-state index contributed by atoms with van der Waals surface area (Å²) >= 11 is 0. The van der Waals surface area contributed by atoms with Crippen molar-refractivity contribution in [1.29, 1.82) is 0 Å². The van der Waals surface area contributed by atoms with E-state index in [0.717, 1.165) is 31.8 Å². The molecule has 72 valence electrons. The molecule has 2 rings (SSSR count). The van der Waals surface area contributed by atoms with Crippen molar-refractivity contribution in [1.82, 2.24) is 0 Å². The largest absolute Gasteiger partial charge is 0.468 e. The van der Waals surface area contributed by atoms with Gasteiger partial charge in [-0.05, 0) is 30.9 Å². The van der Waals surface area contributed by atoms with E-state index in [1.54, 1.807) is 6.26 Å². The maximum absolute atomic E-state index is 6.06. The van der Waals surface area contributed by atoms with Crippen LogP contribution in [0.2, 0.25) is 0 Å². The average molecular weight is 181 g/mol. The van der Waals surface area contributed by atoms with Crippen LogP contribution in [0, 0.1) is 5.92 Å². The van der Waals surface area contributed by atoms with E-state index in [4.69, 9.17) is 14.9 Å². The molecule has 1 aromatic rings. The third kappa shape index (κ3) is 1.92. The Morgan fingerprint density at radius 2 is 2.15 bits per heavy atom. The molecule has 1 fully saturated rings. The Labute approximate surface area is 77.9 Å². The van der Waals surface area contributed by atoms with Crippen LogP contribution in [-0.2, 0) is 4.74 Å². The molecule has 1 atom stereocenters. The van der Waals surface area contributed by atoms with Crippen LogP contribution in [0.25, 0.3) is 0 Å². The van der Waals surface area contributed by atoms with E-state index in [1.165, 1.54) is 0 Å². The van der Waals surface area contributed by atoms with E-state index in [-0.39, 0.29) is 6.04 Å². The molecule has 0 aromatic carbocycles. The third-order valence-corrected chi connectivity index (χ3v) is 2.65. The Balaban J connectivity index is 1.99. The molecule has 1 aliphatic heterocycles. The normalized spacial score (nSPS) is 21.6. The highest BCUT2D eigenvalue weighted by Crippen LogP contribution is 2.27. The molecule has 3 heteroatoms. The third-order valence-electron chi connectivity index (χ3n) is 2.65. The molecular formula is C10H15NO2. The fraction of sp³-hybridized carbons (Fsp3) is 0.600. The standard InChI is InChI=1S/C10H15NO2/c11-10(9-2-1-5-13-9)8-3-6-12-7-4-8/h1-2,5,8,10H,3-4,6-7,11H2/t10-/m1/s1. The Morgan fingerprint density at radius 1 is 1.38 bits per heavy atom. The van der Waals surface area contributed by atoms with Crippen LogP contribution in [0.5, 0.6) is 0 Å². The van der Waals surface area contributed by atoms with Gasteiger partial charge in [0, 0.05) is 13.2 Å². The molecule has 0 radical (unpaired) electrons. The maximum Gasteiger partial charge on any atom is 0.120 e. The lowest BCUT2D eigenvalue weighted by Gasteiger charge is -2.26. The molecule has 1 aromatic heterocycles. The summed E-state index contributed by atoms with van der Waals surface area (Å²) < 4.78 is 10.6. The molecule has 1 saturated heterocycles. The van der Waals surface area contributed by atoms with Crippen LogP contribution in [0.15, 0.2) is 22.8 Å². The Bertz CT molecular complexity index is 239. The van der Waals surface area contributed by atoms with Gasteiger partial charge in [-0.2, -0.15) is 0 Å². The van der Waals surface area contributed by atoms with Gasteiger partial charge in [0.05, 0.1) is 12.3 Å². The zero-order valence-electron chi connectivity index (χ0n) is 7.61. The molecule has 0 aliphatic carbocycles. The van der Waals surface area contributed by atoms with E-state index in [1.807, 2.05) is 12.1 Å². The summed E-state index contributed by atoms with van der Waals surface area (Å²) in [4.78, 5) is 0. The van der Waals surface area contributed by atoms with Crippen molar-refractivity contribution in [3.8, 4) is 0 Å². The molecule has 1 aliphatic rings. The first kappa shape index (κ1) is 8.78. The average Bonchev–Trinajstić information content (AvgIpc) is 2.71. The van der Waals surface area contributed by atoms with E-state index in [0.29, 0.717) is 5.92 Å². The minimum Gasteiger partial charge on any atom is -0.468 e. The van der Waals surface area contributed by atoms with Gasteiger partial charge in [0.15, 0.2) is 0 Å². The Hall–Kier alpha value is -0.800. The molecular weight excluding hydrogens is 166 g/mol. The highest BCUT2D eigenvalue weighted by atomic mass is 16.5. The van der Waals surface area contributed by atoms with Crippen molar-refractivity contribution >= 4 is 0 Å². The Morgan fingerprint density at radius 3 is 2.77 bits per heavy atom. The fourth-order valence-corrected chi connectivity index (χ4v) is 1.79. The van der Waals surface area contributed by atoms with Gasteiger partial charge in [-0.1, -0.05) is 0 Å². The molecule has 0 spiro atoms. The number of rotatable bonds is 2. The highest BCUT2D eigenvalue weighted by molar-refractivity contribution is 5.05. The molecule has 2 N–H and O–H groups in total. The molecule has 2 heterocycles. The number of hydrogen-bond donors (Lipinski definition) is 1.